The lowest BCUT2D eigenvalue weighted by Crippen LogP contribution is -2.49. The van der Waals surface area contributed by atoms with Crippen LogP contribution in [0.2, 0.25) is 0 Å². The molecule has 0 saturated carbocycles. The van der Waals surface area contributed by atoms with Crippen molar-refractivity contribution in [1.29, 1.82) is 0 Å². The molecule has 1 saturated heterocycles. The molecule has 0 radical (unpaired) electrons. The molecule has 1 aliphatic heterocycles. The van der Waals surface area contributed by atoms with Gasteiger partial charge >= 0.3 is 0 Å². The van der Waals surface area contributed by atoms with Crippen molar-refractivity contribution in [3.63, 3.8) is 0 Å². The van der Waals surface area contributed by atoms with Gasteiger partial charge in [0, 0.05) is 43.8 Å². The Morgan fingerprint density at radius 1 is 0.895 bits per heavy atom. The monoisotopic (exact) mass is 268 g/mol. The predicted octanol–water partition coefficient (Wildman–Crippen LogP) is 3.05. The third-order valence-electron chi connectivity index (χ3n) is 4.04. The van der Waals surface area contributed by atoms with Crippen molar-refractivity contribution in [2.45, 2.75) is 32.9 Å². The largest absolute Gasteiger partial charge is 0.298 e. The fourth-order valence-corrected chi connectivity index (χ4v) is 2.73. The van der Waals surface area contributed by atoms with Gasteiger partial charge in [-0.1, -0.05) is 6.07 Å². The van der Waals surface area contributed by atoms with Crippen molar-refractivity contribution < 1.29 is 8.78 Å². The lowest BCUT2D eigenvalue weighted by atomic mass is 10.0. The van der Waals surface area contributed by atoms with Crippen LogP contribution in [-0.2, 0) is 0 Å². The van der Waals surface area contributed by atoms with Crippen LogP contribution in [-0.4, -0.2) is 42.0 Å². The summed E-state index contributed by atoms with van der Waals surface area (Å²) in [5, 5.41) is 0. The summed E-state index contributed by atoms with van der Waals surface area (Å²) in [5.41, 5.74) is 0.195. The van der Waals surface area contributed by atoms with Crippen LogP contribution in [0.5, 0.6) is 0 Å². The summed E-state index contributed by atoms with van der Waals surface area (Å²) in [6.45, 7) is 9.86. The number of hydrogen-bond acceptors (Lipinski definition) is 2. The molecule has 106 valence electrons. The van der Waals surface area contributed by atoms with E-state index in [1.807, 2.05) is 6.92 Å². The van der Waals surface area contributed by atoms with Gasteiger partial charge in [0.25, 0.3) is 0 Å². The van der Waals surface area contributed by atoms with Gasteiger partial charge in [0.1, 0.15) is 11.6 Å². The Morgan fingerprint density at radius 2 is 1.37 bits per heavy atom. The Balaban J connectivity index is 2.07. The van der Waals surface area contributed by atoms with E-state index >= 15 is 0 Å². The van der Waals surface area contributed by atoms with E-state index in [9.17, 15) is 8.78 Å². The highest BCUT2D eigenvalue weighted by atomic mass is 19.1. The summed E-state index contributed by atoms with van der Waals surface area (Å²) < 4.78 is 27.6. The zero-order valence-electron chi connectivity index (χ0n) is 11.9. The molecule has 19 heavy (non-hydrogen) atoms. The van der Waals surface area contributed by atoms with Crippen molar-refractivity contribution in [3.8, 4) is 0 Å². The maximum atomic E-state index is 13.8. The predicted molar refractivity (Wildman–Crippen MR) is 73.1 cm³/mol. The van der Waals surface area contributed by atoms with E-state index in [2.05, 4.69) is 23.6 Å². The zero-order valence-corrected chi connectivity index (χ0v) is 11.9. The van der Waals surface area contributed by atoms with Crippen LogP contribution in [0.3, 0.4) is 0 Å². The Morgan fingerprint density at radius 3 is 1.84 bits per heavy atom. The minimum atomic E-state index is -0.446. The lowest BCUT2D eigenvalue weighted by molar-refractivity contribution is 0.0810. The first kappa shape index (κ1) is 14.4. The van der Waals surface area contributed by atoms with Crippen LogP contribution >= 0.6 is 0 Å². The minimum Gasteiger partial charge on any atom is -0.298 e. The van der Waals surface area contributed by atoms with Gasteiger partial charge in [0.2, 0.25) is 0 Å². The number of nitrogens with zero attached hydrogens (tertiary/aromatic N) is 2. The van der Waals surface area contributed by atoms with Crippen LogP contribution in [0.25, 0.3) is 0 Å². The smallest absolute Gasteiger partial charge is 0.130 e. The van der Waals surface area contributed by atoms with Crippen molar-refractivity contribution in [1.82, 2.24) is 9.80 Å². The van der Waals surface area contributed by atoms with E-state index in [4.69, 9.17) is 0 Å². The maximum Gasteiger partial charge on any atom is 0.130 e. The van der Waals surface area contributed by atoms with Crippen molar-refractivity contribution in [2.75, 3.05) is 26.2 Å². The average Bonchev–Trinajstić information content (AvgIpc) is 2.38. The van der Waals surface area contributed by atoms with Gasteiger partial charge in [-0.3, -0.25) is 9.80 Å². The maximum absolute atomic E-state index is 13.8. The summed E-state index contributed by atoms with van der Waals surface area (Å²) in [7, 11) is 0. The van der Waals surface area contributed by atoms with Crippen molar-refractivity contribution in [3.05, 3.63) is 35.4 Å². The third kappa shape index (κ3) is 3.12. The summed E-state index contributed by atoms with van der Waals surface area (Å²) in [4.78, 5) is 4.54. The van der Waals surface area contributed by atoms with Gasteiger partial charge in [-0.2, -0.15) is 0 Å². The molecule has 0 amide bonds. The zero-order chi connectivity index (χ0) is 14.0. The van der Waals surface area contributed by atoms with E-state index in [1.54, 1.807) is 0 Å². The van der Waals surface area contributed by atoms with Crippen LogP contribution in [0.1, 0.15) is 32.4 Å². The minimum absolute atomic E-state index is 0.195. The third-order valence-corrected chi connectivity index (χ3v) is 4.04. The highest BCUT2D eigenvalue weighted by Crippen LogP contribution is 2.26. The Labute approximate surface area is 114 Å². The molecule has 0 N–H and O–H groups in total. The molecule has 1 aliphatic rings. The molecule has 0 spiro atoms. The second-order valence-electron chi connectivity index (χ2n) is 5.48. The summed E-state index contributed by atoms with van der Waals surface area (Å²) in [6.07, 6.45) is 0. The Kier molecular flexibility index (Phi) is 4.53. The molecule has 0 aromatic heterocycles. The molecule has 1 unspecified atom stereocenters. The number of rotatable bonds is 3. The van der Waals surface area contributed by atoms with Crippen LogP contribution in [0.15, 0.2) is 18.2 Å². The van der Waals surface area contributed by atoms with Gasteiger partial charge in [-0.05, 0) is 32.9 Å². The number of benzene rings is 1. The Hall–Kier alpha value is -1.00. The van der Waals surface area contributed by atoms with Gasteiger partial charge in [0.15, 0.2) is 0 Å². The normalized spacial score (nSPS) is 19.9. The van der Waals surface area contributed by atoms with E-state index in [1.165, 1.54) is 18.2 Å². The number of halogens is 2. The van der Waals surface area contributed by atoms with Crippen LogP contribution < -0.4 is 0 Å². The first-order valence-electron chi connectivity index (χ1n) is 6.92. The topological polar surface area (TPSA) is 6.48 Å². The summed E-state index contributed by atoms with van der Waals surface area (Å²) >= 11 is 0. The van der Waals surface area contributed by atoms with Crippen molar-refractivity contribution in [2.24, 2.45) is 0 Å². The first-order chi connectivity index (χ1) is 9.00. The fraction of sp³-hybridized carbons (Fsp3) is 0.600. The summed E-state index contributed by atoms with van der Waals surface area (Å²) in [6, 6.07) is 4.40. The molecule has 1 fully saturated rings. The van der Waals surface area contributed by atoms with Crippen LogP contribution in [0.4, 0.5) is 8.78 Å². The van der Waals surface area contributed by atoms with Gasteiger partial charge in [-0.25, -0.2) is 8.78 Å². The quantitative estimate of drug-likeness (QED) is 0.831. The molecule has 1 atom stereocenters. The summed E-state index contributed by atoms with van der Waals surface area (Å²) in [5.74, 6) is -0.891. The molecule has 1 aromatic carbocycles. The standard InChI is InChI=1S/C15H22F2N2/c1-11(2)18-7-9-19(10-8-18)12(3)15-13(16)5-4-6-14(15)17/h4-6,11-12H,7-10H2,1-3H3. The second kappa shape index (κ2) is 5.97. The molecule has 2 rings (SSSR count). The van der Waals surface area contributed by atoms with Gasteiger partial charge in [0.05, 0.1) is 0 Å². The highest BCUT2D eigenvalue weighted by molar-refractivity contribution is 5.23. The highest BCUT2D eigenvalue weighted by Gasteiger charge is 2.26. The molecule has 0 aliphatic carbocycles. The molecular weight excluding hydrogens is 246 g/mol. The number of piperazine rings is 1. The Bertz CT molecular complexity index is 406. The van der Waals surface area contributed by atoms with Crippen molar-refractivity contribution >= 4 is 0 Å². The number of hydrogen-bond donors (Lipinski definition) is 0. The lowest BCUT2D eigenvalue weighted by Gasteiger charge is -2.40. The fourth-order valence-electron chi connectivity index (χ4n) is 2.73. The molecule has 4 heteroatoms. The van der Waals surface area contributed by atoms with Gasteiger partial charge < -0.3 is 0 Å². The average molecular weight is 268 g/mol. The SMILES string of the molecule is CC(C)N1CCN(C(C)c2c(F)cccc2F)CC1. The molecule has 0 bridgehead atoms. The van der Waals surface area contributed by atoms with E-state index in [0.29, 0.717) is 6.04 Å². The van der Waals surface area contributed by atoms with Crippen LogP contribution in [0, 0.1) is 11.6 Å². The molecule has 1 heterocycles. The van der Waals surface area contributed by atoms with E-state index < -0.39 is 11.6 Å². The molecular formula is C15H22F2N2. The first-order valence-corrected chi connectivity index (χ1v) is 6.92. The van der Waals surface area contributed by atoms with Gasteiger partial charge in [-0.15, -0.1) is 0 Å². The second-order valence-corrected chi connectivity index (χ2v) is 5.48. The van der Waals surface area contributed by atoms with E-state index in [-0.39, 0.29) is 11.6 Å². The van der Waals surface area contributed by atoms with E-state index in [0.717, 1.165) is 26.2 Å². The molecule has 2 nitrogen and oxygen atoms in total. The molecule has 1 aromatic rings.